The molecule has 4 heteroatoms. The van der Waals surface area contributed by atoms with Crippen LogP contribution in [-0.4, -0.2) is 17.1 Å². The minimum Gasteiger partial charge on any atom is -0.489 e. The summed E-state index contributed by atoms with van der Waals surface area (Å²) in [5.41, 5.74) is 6.83. The van der Waals surface area contributed by atoms with E-state index in [2.05, 4.69) is 61.6 Å². The minimum atomic E-state index is -0.885. The summed E-state index contributed by atoms with van der Waals surface area (Å²) in [6.07, 6.45) is 0. The number of aryl methyl sites for hydroxylation is 2. The van der Waals surface area contributed by atoms with Crippen LogP contribution in [0, 0.1) is 13.8 Å². The van der Waals surface area contributed by atoms with Crippen molar-refractivity contribution in [1.82, 2.24) is 0 Å². The number of carboxylic acids is 1. The number of benzene rings is 3. The molecule has 3 aromatic rings. The Morgan fingerprint density at radius 3 is 2.29 bits per heavy atom. The number of nitrogens with one attached hydrogen (secondary N) is 1. The van der Waals surface area contributed by atoms with Crippen LogP contribution in [0.2, 0.25) is 0 Å². The van der Waals surface area contributed by atoms with E-state index in [9.17, 15) is 4.79 Å². The van der Waals surface area contributed by atoms with E-state index in [4.69, 9.17) is 9.84 Å². The van der Waals surface area contributed by atoms with Gasteiger partial charge in [-0.2, -0.15) is 0 Å². The maximum Gasteiger partial charge on any atom is 0.325 e. The van der Waals surface area contributed by atoms with Gasteiger partial charge < -0.3 is 15.2 Å². The molecule has 0 aliphatic carbocycles. The maximum atomic E-state index is 10.9. The molecule has 144 valence electrons. The number of carboxylic acid groups (broad SMARTS) is 1. The van der Waals surface area contributed by atoms with Crippen LogP contribution in [0.4, 0.5) is 5.69 Å². The molecule has 0 heterocycles. The molecule has 0 saturated heterocycles. The molecule has 0 fully saturated rings. The number of carbonyl (C=O) groups is 1. The summed E-state index contributed by atoms with van der Waals surface area (Å²) < 4.78 is 5.91. The molecule has 0 saturated carbocycles. The Hall–Kier alpha value is -3.27. The molecular formula is C24H25NO3. The average molecular weight is 375 g/mol. The van der Waals surface area contributed by atoms with Gasteiger partial charge in [0.15, 0.2) is 0 Å². The van der Waals surface area contributed by atoms with E-state index >= 15 is 0 Å². The lowest BCUT2D eigenvalue weighted by molar-refractivity contribution is -0.137. The van der Waals surface area contributed by atoms with Crippen molar-refractivity contribution in [2.45, 2.75) is 33.4 Å². The molecule has 0 aliphatic heterocycles. The van der Waals surface area contributed by atoms with E-state index in [0.29, 0.717) is 6.61 Å². The molecule has 3 aromatic carbocycles. The molecule has 0 aliphatic rings. The van der Waals surface area contributed by atoms with E-state index in [1.165, 1.54) is 22.3 Å². The average Bonchev–Trinajstić information content (AvgIpc) is 2.67. The van der Waals surface area contributed by atoms with Crippen LogP contribution in [0.25, 0.3) is 11.1 Å². The van der Waals surface area contributed by atoms with Crippen molar-refractivity contribution >= 4 is 11.7 Å². The van der Waals surface area contributed by atoms with Crippen molar-refractivity contribution in [1.29, 1.82) is 0 Å². The summed E-state index contributed by atoms with van der Waals surface area (Å²) >= 11 is 0. The summed E-state index contributed by atoms with van der Waals surface area (Å²) in [7, 11) is 0. The zero-order valence-electron chi connectivity index (χ0n) is 16.4. The second kappa shape index (κ2) is 8.61. The van der Waals surface area contributed by atoms with E-state index < -0.39 is 12.0 Å². The number of ether oxygens (including phenoxy) is 1. The summed E-state index contributed by atoms with van der Waals surface area (Å²) in [5.74, 6) is -0.143. The van der Waals surface area contributed by atoms with Gasteiger partial charge in [-0.1, -0.05) is 36.4 Å². The van der Waals surface area contributed by atoms with Gasteiger partial charge in [0.1, 0.15) is 18.4 Å². The van der Waals surface area contributed by atoms with Crippen molar-refractivity contribution in [2.24, 2.45) is 0 Å². The molecular weight excluding hydrogens is 350 g/mol. The predicted molar refractivity (Wildman–Crippen MR) is 113 cm³/mol. The predicted octanol–water partition coefficient (Wildman–Crippen LogP) is 5.43. The fourth-order valence-electron chi connectivity index (χ4n) is 3.21. The molecule has 28 heavy (non-hydrogen) atoms. The topological polar surface area (TPSA) is 58.6 Å². The molecule has 0 amide bonds. The van der Waals surface area contributed by atoms with E-state index in [-0.39, 0.29) is 0 Å². The molecule has 3 rings (SSSR count). The molecule has 0 radical (unpaired) electrons. The van der Waals surface area contributed by atoms with Crippen molar-refractivity contribution < 1.29 is 14.6 Å². The highest BCUT2D eigenvalue weighted by molar-refractivity contribution is 5.76. The van der Waals surface area contributed by atoms with Gasteiger partial charge in [-0.3, -0.25) is 4.79 Å². The van der Waals surface area contributed by atoms with Gasteiger partial charge in [0, 0.05) is 5.69 Å². The zero-order valence-corrected chi connectivity index (χ0v) is 16.4. The second-order valence-electron chi connectivity index (χ2n) is 6.98. The lowest BCUT2D eigenvalue weighted by Gasteiger charge is -2.13. The van der Waals surface area contributed by atoms with Crippen molar-refractivity contribution in [3.8, 4) is 16.9 Å². The molecule has 1 unspecified atom stereocenters. The Morgan fingerprint density at radius 2 is 1.64 bits per heavy atom. The SMILES string of the molecule is Cc1cccc(C)c1-c1cccc(COc2ccc(NC(C)C(=O)O)cc2)c1. The van der Waals surface area contributed by atoms with Crippen LogP contribution in [0.15, 0.2) is 66.7 Å². The number of rotatable bonds is 7. The third kappa shape index (κ3) is 4.71. The Balaban J connectivity index is 1.68. The molecule has 0 aromatic heterocycles. The van der Waals surface area contributed by atoms with Crippen LogP contribution < -0.4 is 10.1 Å². The van der Waals surface area contributed by atoms with Gasteiger partial charge in [-0.05, 0) is 78.9 Å². The van der Waals surface area contributed by atoms with Crippen molar-refractivity contribution in [3.05, 3.63) is 83.4 Å². The number of hydrogen-bond acceptors (Lipinski definition) is 3. The smallest absolute Gasteiger partial charge is 0.325 e. The van der Waals surface area contributed by atoms with Crippen LogP contribution >= 0.6 is 0 Å². The third-order valence-electron chi connectivity index (χ3n) is 4.71. The van der Waals surface area contributed by atoms with Gasteiger partial charge in [0.05, 0.1) is 0 Å². The summed E-state index contributed by atoms with van der Waals surface area (Å²) in [4.78, 5) is 10.9. The monoisotopic (exact) mass is 375 g/mol. The maximum absolute atomic E-state index is 10.9. The first kappa shape index (κ1) is 19.5. The summed E-state index contributed by atoms with van der Waals surface area (Å²) in [6, 6.07) is 21.4. The van der Waals surface area contributed by atoms with Gasteiger partial charge in [-0.25, -0.2) is 0 Å². The largest absolute Gasteiger partial charge is 0.489 e. The number of anilines is 1. The third-order valence-corrected chi connectivity index (χ3v) is 4.71. The number of aliphatic carboxylic acids is 1. The van der Waals surface area contributed by atoms with E-state index in [0.717, 1.165) is 17.0 Å². The first-order valence-corrected chi connectivity index (χ1v) is 9.32. The van der Waals surface area contributed by atoms with Crippen LogP contribution in [-0.2, 0) is 11.4 Å². The van der Waals surface area contributed by atoms with Gasteiger partial charge >= 0.3 is 5.97 Å². The highest BCUT2D eigenvalue weighted by Gasteiger charge is 2.10. The van der Waals surface area contributed by atoms with E-state index in [1.807, 2.05) is 24.3 Å². The van der Waals surface area contributed by atoms with Crippen molar-refractivity contribution in [2.75, 3.05) is 5.32 Å². The molecule has 0 bridgehead atoms. The standard InChI is InChI=1S/C24H25NO3/c1-16-6-4-7-17(2)23(16)20-9-5-8-19(14-20)15-28-22-12-10-21(11-13-22)25-18(3)24(26)27/h4-14,18,25H,15H2,1-3H3,(H,26,27). The highest BCUT2D eigenvalue weighted by Crippen LogP contribution is 2.28. The molecule has 0 spiro atoms. The Morgan fingerprint density at radius 1 is 1.00 bits per heavy atom. The molecule has 1 atom stereocenters. The minimum absolute atomic E-state index is 0.469. The Kier molecular flexibility index (Phi) is 5.99. The van der Waals surface area contributed by atoms with Crippen molar-refractivity contribution in [3.63, 3.8) is 0 Å². The first-order chi connectivity index (χ1) is 13.4. The summed E-state index contributed by atoms with van der Waals surface area (Å²) in [6.45, 7) is 6.34. The van der Waals surface area contributed by atoms with E-state index in [1.54, 1.807) is 6.92 Å². The fourth-order valence-corrected chi connectivity index (χ4v) is 3.21. The quantitative estimate of drug-likeness (QED) is 0.578. The normalized spacial score (nSPS) is 11.7. The lowest BCUT2D eigenvalue weighted by atomic mass is 9.95. The van der Waals surface area contributed by atoms with Gasteiger partial charge in [0.2, 0.25) is 0 Å². The Bertz CT molecular complexity index is 944. The lowest BCUT2D eigenvalue weighted by Crippen LogP contribution is -2.25. The first-order valence-electron chi connectivity index (χ1n) is 9.32. The Labute approximate surface area is 165 Å². The van der Waals surface area contributed by atoms with Crippen LogP contribution in [0.3, 0.4) is 0 Å². The van der Waals surface area contributed by atoms with Crippen LogP contribution in [0.5, 0.6) is 5.75 Å². The second-order valence-corrected chi connectivity index (χ2v) is 6.98. The molecule has 4 nitrogen and oxygen atoms in total. The van der Waals surface area contributed by atoms with Gasteiger partial charge in [-0.15, -0.1) is 0 Å². The van der Waals surface area contributed by atoms with Crippen LogP contribution in [0.1, 0.15) is 23.6 Å². The number of hydrogen-bond donors (Lipinski definition) is 2. The molecule has 2 N–H and O–H groups in total. The zero-order chi connectivity index (χ0) is 20.1. The highest BCUT2D eigenvalue weighted by atomic mass is 16.5. The fraction of sp³-hybridized carbons (Fsp3) is 0.208. The summed E-state index contributed by atoms with van der Waals surface area (Å²) in [5, 5.41) is 11.9. The van der Waals surface area contributed by atoms with Gasteiger partial charge in [0.25, 0.3) is 0 Å².